The van der Waals surface area contributed by atoms with Crippen molar-refractivity contribution < 1.29 is 24.2 Å². The number of imide groups is 1. The predicted octanol–water partition coefficient (Wildman–Crippen LogP) is 2.58. The third-order valence-corrected chi connectivity index (χ3v) is 11.0. The van der Waals surface area contributed by atoms with Gasteiger partial charge in [0.25, 0.3) is 11.5 Å². The zero-order chi connectivity index (χ0) is 33.3. The minimum Gasteiger partial charge on any atom is -0.494 e. The maximum atomic E-state index is 13.7. The minimum absolute atomic E-state index is 0.0446. The summed E-state index contributed by atoms with van der Waals surface area (Å²) < 4.78 is 7.86. The van der Waals surface area contributed by atoms with E-state index in [4.69, 9.17) is 15.9 Å². The van der Waals surface area contributed by atoms with Gasteiger partial charge in [-0.3, -0.25) is 29.0 Å². The van der Waals surface area contributed by atoms with E-state index in [1.54, 1.807) is 9.80 Å². The number of rotatable bonds is 6. The summed E-state index contributed by atoms with van der Waals surface area (Å²) in [5.41, 5.74) is 2.35. The van der Waals surface area contributed by atoms with E-state index in [0.717, 1.165) is 25.7 Å². The molecule has 0 aromatic carbocycles. The lowest BCUT2D eigenvalue weighted by Gasteiger charge is -2.59. The molecule has 0 atom stereocenters. The van der Waals surface area contributed by atoms with Crippen molar-refractivity contribution in [3.8, 4) is 5.88 Å². The normalized spacial score (nSPS) is 28.7. The Morgan fingerprint density at radius 1 is 1.00 bits per heavy atom. The van der Waals surface area contributed by atoms with Crippen LogP contribution in [0.15, 0.2) is 9.59 Å². The summed E-state index contributed by atoms with van der Waals surface area (Å²) in [4.78, 5) is 70.8. The fraction of sp³-hybridized carbons (Fsp3) is 0.750. The first kappa shape index (κ1) is 32.1. The van der Waals surface area contributed by atoms with Crippen molar-refractivity contribution in [1.29, 1.82) is 5.41 Å². The Bertz CT molecular complexity index is 1560. The number of likely N-dealkylation sites (tertiary alicyclic amines) is 1. The smallest absolute Gasteiger partial charge is 0.410 e. The lowest BCUT2D eigenvalue weighted by molar-refractivity contribution is -0.150. The molecular weight excluding hydrogens is 594 g/mol. The van der Waals surface area contributed by atoms with Gasteiger partial charge in [0.15, 0.2) is 0 Å². The van der Waals surface area contributed by atoms with E-state index in [0.29, 0.717) is 58.2 Å². The Morgan fingerprint density at radius 2 is 1.61 bits per heavy atom. The second-order valence-corrected chi connectivity index (χ2v) is 15.5. The van der Waals surface area contributed by atoms with Gasteiger partial charge in [-0.2, -0.15) is 0 Å². The van der Waals surface area contributed by atoms with Crippen molar-refractivity contribution in [2.45, 2.75) is 109 Å². The molecule has 1 aromatic rings. The van der Waals surface area contributed by atoms with Gasteiger partial charge in [0.05, 0.1) is 0 Å². The molecule has 6 rings (SSSR count). The van der Waals surface area contributed by atoms with Crippen LogP contribution >= 0.6 is 0 Å². The van der Waals surface area contributed by atoms with Crippen LogP contribution in [0.2, 0.25) is 0 Å². The molecule has 14 heteroatoms. The van der Waals surface area contributed by atoms with Crippen molar-refractivity contribution in [2.24, 2.45) is 23.0 Å². The number of amides is 4. The number of nitrogens with one attached hydrogen (secondary N) is 1. The van der Waals surface area contributed by atoms with E-state index in [-0.39, 0.29) is 47.4 Å². The molecule has 2 aliphatic heterocycles. The molecule has 4 amide bonds. The standard InChI is InChI=1S/C32H47N7O7/c1-30(2,3)46-29(45)36-13-20(14-36)16-38-27(43)35(4)26(42)32(38)17-31(18-32)11-9-21(10-12-31)39-25(41)22(23(33)34)24(40)37(28(39)44)15-19-7-5-6-8-19/h19-21,40H,5-18H2,1-4H3,(H3,33,34). The number of nitrogens with two attached hydrogens (primary N) is 1. The van der Waals surface area contributed by atoms with Crippen molar-refractivity contribution in [3.05, 3.63) is 26.4 Å². The van der Waals surface area contributed by atoms with Crippen LogP contribution in [0, 0.1) is 22.7 Å². The molecule has 0 bridgehead atoms. The Labute approximate surface area is 267 Å². The van der Waals surface area contributed by atoms with Crippen molar-refractivity contribution in [3.63, 3.8) is 0 Å². The number of likely N-dealkylation sites (N-methyl/N-ethyl adjacent to an activating group) is 1. The molecule has 2 saturated heterocycles. The van der Waals surface area contributed by atoms with Crippen molar-refractivity contribution >= 4 is 23.9 Å². The number of carbonyl (C=O) groups excluding carboxylic acids is 3. The summed E-state index contributed by atoms with van der Waals surface area (Å²) >= 11 is 0. The predicted molar refractivity (Wildman–Crippen MR) is 168 cm³/mol. The molecule has 46 heavy (non-hydrogen) atoms. The zero-order valence-corrected chi connectivity index (χ0v) is 27.3. The molecule has 252 valence electrons. The first-order chi connectivity index (χ1) is 21.6. The molecule has 14 nitrogen and oxygen atoms in total. The van der Waals surface area contributed by atoms with E-state index < -0.39 is 40.1 Å². The van der Waals surface area contributed by atoms with Gasteiger partial charge in [-0.15, -0.1) is 0 Å². The van der Waals surface area contributed by atoms with Gasteiger partial charge in [0.1, 0.15) is 22.5 Å². The maximum Gasteiger partial charge on any atom is 0.410 e. The number of aromatic nitrogens is 2. The van der Waals surface area contributed by atoms with Crippen LogP contribution in [0.25, 0.3) is 0 Å². The number of amidine groups is 1. The largest absolute Gasteiger partial charge is 0.494 e. The molecule has 0 radical (unpaired) electrons. The Morgan fingerprint density at radius 3 is 2.17 bits per heavy atom. The number of carbonyl (C=O) groups is 3. The van der Waals surface area contributed by atoms with Crippen LogP contribution in [0.3, 0.4) is 0 Å². The van der Waals surface area contributed by atoms with Gasteiger partial charge in [-0.25, -0.2) is 14.4 Å². The van der Waals surface area contributed by atoms with Crippen LogP contribution in [-0.2, 0) is 16.1 Å². The SMILES string of the molecule is CN1C(=O)N(CC2CN(C(=O)OC(C)(C)C)C2)C2(CC3(CCC(n4c(=O)c(C(=N)N)c(O)n(CC5CCCC5)c4=O)CC3)C2)C1=O. The van der Waals surface area contributed by atoms with Gasteiger partial charge in [-0.1, -0.05) is 12.8 Å². The van der Waals surface area contributed by atoms with Crippen LogP contribution in [-0.4, -0.2) is 90.6 Å². The van der Waals surface area contributed by atoms with Crippen LogP contribution < -0.4 is 17.0 Å². The second kappa shape index (κ2) is 11.2. The first-order valence-corrected chi connectivity index (χ1v) is 16.6. The number of urea groups is 1. The molecule has 2 spiro atoms. The number of aromatic hydroxyl groups is 1. The minimum atomic E-state index is -0.920. The van der Waals surface area contributed by atoms with Crippen molar-refractivity contribution in [1.82, 2.24) is 23.8 Å². The van der Waals surface area contributed by atoms with Crippen LogP contribution in [0.1, 0.15) is 96.6 Å². The highest BCUT2D eigenvalue weighted by molar-refractivity contribution is 6.07. The Balaban J connectivity index is 1.15. The van der Waals surface area contributed by atoms with Crippen molar-refractivity contribution in [2.75, 3.05) is 26.7 Å². The third-order valence-electron chi connectivity index (χ3n) is 11.0. The summed E-state index contributed by atoms with van der Waals surface area (Å²) in [7, 11) is 1.52. The summed E-state index contributed by atoms with van der Waals surface area (Å²) in [5.74, 6) is -1.05. The summed E-state index contributed by atoms with van der Waals surface area (Å²) in [6.07, 6.45) is 6.98. The molecule has 4 N–H and O–H groups in total. The quantitative estimate of drug-likeness (QED) is 0.240. The second-order valence-electron chi connectivity index (χ2n) is 15.5. The fourth-order valence-electron chi connectivity index (χ4n) is 8.74. The molecule has 3 saturated carbocycles. The van der Waals surface area contributed by atoms with E-state index in [2.05, 4.69) is 0 Å². The molecule has 0 unspecified atom stereocenters. The number of nitrogen functional groups attached to an aromatic ring is 1. The summed E-state index contributed by atoms with van der Waals surface area (Å²) in [5, 5.41) is 18.8. The molecule has 3 heterocycles. The monoisotopic (exact) mass is 641 g/mol. The third kappa shape index (κ3) is 5.26. The maximum absolute atomic E-state index is 13.7. The van der Waals surface area contributed by atoms with Crippen LogP contribution in [0.4, 0.5) is 9.59 Å². The van der Waals surface area contributed by atoms with E-state index in [1.807, 2.05) is 20.8 Å². The average Bonchev–Trinajstić information content (AvgIpc) is 3.50. The molecule has 3 aliphatic carbocycles. The van der Waals surface area contributed by atoms with Gasteiger partial charge < -0.3 is 25.4 Å². The number of hydrogen-bond acceptors (Lipinski definition) is 8. The summed E-state index contributed by atoms with van der Waals surface area (Å²) in [6, 6.07) is -0.747. The number of ether oxygens (including phenoxy) is 1. The molecule has 5 aliphatic rings. The first-order valence-electron chi connectivity index (χ1n) is 16.6. The number of hydrogen-bond donors (Lipinski definition) is 3. The van der Waals surface area contributed by atoms with Gasteiger partial charge in [0.2, 0.25) is 5.88 Å². The van der Waals surface area contributed by atoms with E-state index >= 15 is 0 Å². The highest BCUT2D eigenvalue weighted by atomic mass is 16.6. The Kier molecular flexibility index (Phi) is 7.78. The number of nitrogens with zero attached hydrogens (tertiary/aromatic N) is 5. The fourth-order valence-corrected chi connectivity index (χ4v) is 8.74. The molecule has 5 fully saturated rings. The summed E-state index contributed by atoms with van der Waals surface area (Å²) in [6.45, 7) is 7.02. The van der Waals surface area contributed by atoms with Gasteiger partial charge in [-0.05, 0) is 83.5 Å². The van der Waals surface area contributed by atoms with Gasteiger partial charge in [0, 0.05) is 45.2 Å². The zero-order valence-electron chi connectivity index (χ0n) is 27.3. The molecular formula is C32H47N7O7. The lowest BCUT2D eigenvalue weighted by Crippen LogP contribution is -2.66. The highest BCUT2D eigenvalue weighted by Gasteiger charge is 2.68. The average molecular weight is 642 g/mol. The van der Waals surface area contributed by atoms with Crippen LogP contribution in [0.5, 0.6) is 5.88 Å². The topological polar surface area (TPSA) is 184 Å². The van der Waals surface area contributed by atoms with E-state index in [9.17, 15) is 29.1 Å². The van der Waals surface area contributed by atoms with Gasteiger partial charge >= 0.3 is 17.8 Å². The Hall–Kier alpha value is -3.84. The molecule has 1 aromatic heterocycles. The highest BCUT2D eigenvalue weighted by Crippen LogP contribution is 2.62. The lowest BCUT2D eigenvalue weighted by atomic mass is 9.51. The van der Waals surface area contributed by atoms with E-state index in [1.165, 1.54) is 21.1 Å².